The topological polar surface area (TPSA) is 60.2 Å². The summed E-state index contributed by atoms with van der Waals surface area (Å²) in [5.41, 5.74) is 0.894. The van der Waals surface area contributed by atoms with Gasteiger partial charge in [-0.25, -0.2) is 4.79 Å². The molecule has 2 aliphatic heterocycles. The Bertz CT molecular complexity index is 530. The third-order valence-corrected chi connectivity index (χ3v) is 4.61. The van der Waals surface area contributed by atoms with Gasteiger partial charge in [0.15, 0.2) is 0 Å². The molecule has 7 nitrogen and oxygen atoms in total. The van der Waals surface area contributed by atoms with Crippen LogP contribution in [0.3, 0.4) is 0 Å². The molecule has 3 amide bonds. The van der Waals surface area contributed by atoms with Crippen LogP contribution in [-0.2, 0) is 11.2 Å². The largest absolute Gasteiger partial charge is 0.472 e. The lowest BCUT2D eigenvalue weighted by atomic mass is 10.2. The third kappa shape index (κ3) is 3.85. The summed E-state index contributed by atoms with van der Waals surface area (Å²) in [4.78, 5) is 32.6. The number of piperazine rings is 2. The van der Waals surface area contributed by atoms with Crippen molar-refractivity contribution in [3.8, 4) is 0 Å². The van der Waals surface area contributed by atoms with Crippen molar-refractivity contribution in [2.45, 2.75) is 6.42 Å². The maximum absolute atomic E-state index is 12.5. The molecule has 1 aromatic rings. The molecule has 126 valence electrons. The maximum atomic E-state index is 12.5. The fraction of sp³-hybridized carbons (Fsp3) is 0.625. The molecule has 0 atom stereocenters. The van der Waals surface area contributed by atoms with Gasteiger partial charge in [-0.05, 0) is 18.7 Å². The van der Waals surface area contributed by atoms with Crippen molar-refractivity contribution in [3.05, 3.63) is 24.2 Å². The molecule has 0 aromatic carbocycles. The minimum atomic E-state index is 0.0955. The zero-order chi connectivity index (χ0) is 16.2. The number of carbonyl (C=O) groups excluding carboxylic acids is 2. The molecule has 0 bridgehead atoms. The summed E-state index contributed by atoms with van der Waals surface area (Å²) in [6, 6.07) is 1.92. The lowest BCUT2D eigenvalue weighted by Gasteiger charge is -2.40. The van der Waals surface area contributed by atoms with E-state index in [-0.39, 0.29) is 11.9 Å². The average Bonchev–Trinajstić information content (AvgIpc) is 3.08. The first-order valence-electron chi connectivity index (χ1n) is 8.15. The van der Waals surface area contributed by atoms with Crippen LogP contribution in [0.5, 0.6) is 0 Å². The molecule has 0 unspecified atom stereocenters. The molecule has 0 N–H and O–H groups in total. The number of nitrogens with zero attached hydrogens (tertiary/aromatic N) is 4. The van der Waals surface area contributed by atoms with E-state index >= 15 is 0 Å². The Labute approximate surface area is 136 Å². The van der Waals surface area contributed by atoms with E-state index in [9.17, 15) is 9.59 Å². The first kappa shape index (κ1) is 15.9. The number of furan rings is 1. The molecular formula is C16H24N4O3. The summed E-state index contributed by atoms with van der Waals surface area (Å²) >= 11 is 0. The van der Waals surface area contributed by atoms with E-state index in [0.717, 1.165) is 31.7 Å². The van der Waals surface area contributed by atoms with Crippen molar-refractivity contribution in [3.63, 3.8) is 0 Å². The van der Waals surface area contributed by atoms with E-state index in [0.29, 0.717) is 32.6 Å². The van der Waals surface area contributed by atoms with Gasteiger partial charge in [0.05, 0.1) is 18.9 Å². The molecule has 23 heavy (non-hydrogen) atoms. The van der Waals surface area contributed by atoms with Crippen molar-refractivity contribution < 1.29 is 14.0 Å². The molecule has 0 spiro atoms. The third-order valence-electron chi connectivity index (χ3n) is 4.61. The Balaban J connectivity index is 1.46. The van der Waals surface area contributed by atoms with Gasteiger partial charge in [0, 0.05) is 52.4 Å². The average molecular weight is 320 g/mol. The van der Waals surface area contributed by atoms with Crippen LogP contribution in [0.4, 0.5) is 4.79 Å². The highest BCUT2D eigenvalue weighted by Crippen LogP contribution is 2.10. The number of amides is 3. The number of hydrogen-bond acceptors (Lipinski definition) is 4. The smallest absolute Gasteiger partial charge is 0.320 e. The molecule has 3 rings (SSSR count). The summed E-state index contributed by atoms with van der Waals surface area (Å²) < 4.78 is 4.99. The highest BCUT2D eigenvalue weighted by atomic mass is 16.3. The second-order valence-corrected chi connectivity index (χ2v) is 6.25. The number of likely N-dealkylation sites (N-methyl/N-ethyl adjacent to an activating group) is 1. The predicted molar refractivity (Wildman–Crippen MR) is 85.0 cm³/mol. The molecular weight excluding hydrogens is 296 g/mol. The standard InChI is InChI=1S/C16H24N4O3/c1-17-3-5-19(6-4-17)16(22)20-9-7-18(8-10-20)15(21)12-14-2-11-23-13-14/h2,11,13H,3-10,12H2,1H3. The molecule has 2 saturated heterocycles. The molecule has 0 radical (unpaired) electrons. The van der Waals surface area contributed by atoms with Crippen LogP contribution in [-0.4, -0.2) is 90.9 Å². The first-order valence-corrected chi connectivity index (χ1v) is 8.15. The van der Waals surface area contributed by atoms with Gasteiger partial charge < -0.3 is 24.0 Å². The van der Waals surface area contributed by atoms with E-state index in [2.05, 4.69) is 11.9 Å². The number of hydrogen-bond donors (Lipinski definition) is 0. The van der Waals surface area contributed by atoms with E-state index in [1.807, 2.05) is 20.8 Å². The lowest BCUT2D eigenvalue weighted by molar-refractivity contribution is -0.131. The lowest BCUT2D eigenvalue weighted by Crippen LogP contribution is -2.57. The second kappa shape index (κ2) is 7.04. The molecule has 3 heterocycles. The van der Waals surface area contributed by atoms with E-state index in [1.54, 1.807) is 12.5 Å². The van der Waals surface area contributed by atoms with Crippen LogP contribution in [0, 0.1) is 0 Å². The second-order valence-electron chi connectivity index (χ2n) is 6.25. The summed E-state index contributed by atoms with van der Waals surface area (Å²) in [6.45, 7) is 5.87. The molecule has 2 fully saturated rings. The summed E-state index contributed by atoms with van der Waals surface area (Å²) in [6.07, 6.45) is 3.54. The fourth-order valence-electron chi connectivity index (χ4n) is 3.02. The van der Waals surface area contributed by atoms with Crippen LogP contribution in [0.25, 0.3) is 0 Å². The Hall–Kier alpha value is -2.02. The zero-order valence-corrected chi connectivity index (χ0v) is 13.6. The zero-order valence-electron chi connectivity index (χ0n) is 13.6. The van der Waals surface area contributed by atoms with Crippen LogP contribution < -0.4 is 0 Å². The van der Waals surface area contributed by atoms with Crippen molar-refractivity contribution in [1.82, 2.24) is 19.6 Å². The molecule has 0 saturated carbocycles. The van der Waals surface area contributed by atoms with Gasteiger partial charge >= 0.3 is 6.03 Å². The Morgan fingerprint density at radius 1 is 0.957 bits per heavy atom. The quantitative estimate of drug-likeness (QED) is 0.788. The van der Waals surface area contributed by atoms with E-state index in [4.69, 9.17) is 4.42 Å². The van der Waals surface area contributed by atoms with Gasteiger partial charge in [-0.2, -0.15) is 0 Å². The van der Waals surface area contributed by atoms with E-state index < -0.39 is 0 Å². The van der Waals surface area contributed by atoms with Crippen molar-refractivity contribution >= 4 is 11.9 Å². The maximum Gasteiger partial charge on any atom is 0.320 e. The highest BCUT2D eigenvalue weighted by Gasteiger charge is 2.28. The normalized spacial score (nSPS) is 20.0. The van der Waals surface area contributed by atoms with E-state index in [1.165, 1.54) is 0 Å². The van der Waals surface area contributed by atoms with Crippen molar-refractivity contribution in [2.24, 2.45) is 0 Å². The van der Waals surface area contributed by atoms with Crippen molar-refractivity contribution in [1.29, 1.82) is 0 Å². The van der Waals surface area contributed by atoms with Crippen LogP contribution in [0.1, 0.15) is 5.56 Å². The monoisotopic (exact) mass is 320 g/mol. The van der Waals surface area contributed by atoms with Gasteiger partial charge in [0.2, 0.25) is 5.91 Å². The van der Waals surface area contributed by atoms with Gasteiger partial charge in [0.1, 0.15) is 0 Å². The summed E-state index contributed by atoms with van der Waals surface area (Å²) in [7, 11) is 2.08. The minimum Gasteiger partial charge on any atom is -0.472 e. The molecule has 1 aromatic heterocycles. The fourth-order valence-corrected chi connectivity index (χ4v) is 3.02. The Kier molecular flexibility index (Phi) is 4.85. The molecule has 0 aliphatic carbocycles. The number of carbonyl (C=O) groups is 2. The molecule has 2 aliphatic rings. The van der Waals surface area contributed by atoms with Gasteiger partial charge in [-0.1, -0.05) is 0 Å². The highest BCUT2D eigenvalue weighted by molar-refractivity contribution is 5.79. The molecule has 7 heteroatoms. The minimum absolute atomic E-state index is 0.0955. The van der Waals surface area contributed by atoms with Gasteiger partial charge in [0.25, 0.3) is 0 Å². The summed E-state index contributed by atoms with van der Waals surface area (Å²) in [5.74, 6) is 0.0955. The first-order chi connectivity index (χ1) is 11.1. The Morgan fingerprint density at radius 3 is 2.09 bits per heavy atom. The number of urea groups is 1. The van der Waals surface area contributed by atoms with Crippen LogP contribution >= 0.6 is 0 Å². The SMILES string of the molecule is CN1CCN(C(=O)N2CCN(C(=O)Cc3ccoc3)CC2)CC1. The van der Waals surface area contributed by atoms with Crippen molar-refractivity contribution in [2.75, 3.05) is 59.4 Å². The van der Waals surface area contributed by atoms with Gasteiger partial charge in [-0.15, -0.1) is 0 Å². The number of rotatable bonds is 2. The predicted octanol–water partition coefficient (Wildman–Crippen LogP) is 0.334. The van der Waals surface area contributed by atoms with Crippen LogP contribution in [0.15, 0.2) is 23.0 Å². The van der Waals surface area contributed by atoms with Crippen LogP contribution in [0.2, 0.25) is 0 Å². The summed E-state index contributed by atoms with van der Waals surface area (Å²) in [5, 5.41) is 0. The van der Waals surface area contributed by atoms with Gasteiger partial charge in [-0.3, -0.25) is 4.79 Å². The Morgan fingerprint density at radius 2 is 1.52 bits per heavy atom.